The molecule has 3 rings (SSSR count). The molecule has 27 heavy (non-hydrogen) atoms. The van der Waals surface area contributed by atoms with Gasteiger partial charge in [-0.3, -0.25) is 0 Å². The van der Waals surface area contributed by atoms with E-state index in [4.69, 9.17) is 0 Å². The van der Waals surface area contributed by atoms with Gasteiger partial charge in [-0.25, -0.2) is 4.39 Å². The molecule has 8 heteroatoms. The monoisotopic (exact) mass is 410 g/mol. The minimum atomic E-state index is -4.57. The molecule has 2 aromatic carbocycles. The minimum Gasteiger partial charge on any atom is -0.334 e. The first-order valence-corrected chi connectivity index (χ1v) is 9.76. The standard InChI is InChI=1S/C19H14F4N2S2/c1-12-4-2-3-5-15(12)25-8-9-26-18(25)17(11-24)27-16-10-13(19(21,22)23)6-7-14(16)20/h2-7,10H,8-9H2,1H3/b18-17-. The number of para-hydroxylation sites is 1. The fraction of sp³-hybridized carbons (Fsp3) is 0.211. The third kappa shape index (κ3) is 4.25. The second kappa shape index (κ2) is 7.87. The van der Waals surface area contributed by atoms with Crippen molar-refractivity contribution in [2.45, 2.75) is 18.0 Å². The van der Waals surface area contributed by atoms with Crippen LogP contribution in [0.1, 0.15) is 11.1 Å². The van der Waals surface area contributed by atoms with Crippen LogP contribution in [0, 0.1) is 24.1 Å². The van der Waals surface area contributed by atoms with Crippen LogP contribution in [0.4, 0.5) is 23.2 Å². The molecule has 0 amide bonds. The number of nitrogens with zero attached hydrogens (tertiary/aromatic N) is 2. The van der Waals surface area contributed by atoms with Crippen LogP contribution in [0.25, 0.3) is 0 Å². The molecule has 0 unspecified atom stereocenters. The van der Waals surface area contributed by atoms with Crippen molar-refractivity contribution in [3.8, 4) is 6.07 Å². The Morgan fingerprint density at radius 3 is 2.63 bits per heavy atom. The largest absolute Gasteiger partial charge is 0.416 e. The first-order valence-electron chi connectivity index (χ1n) is 7.96. The zero-order valence-electron chi connectivity index (χ0n) is 14.2. The smallest absolute Gasteiger partial charge is 0.334 e. The van der Waals surface area contributed by atoms with Crippen LogP contribution in [0.5, 0.6) is 0 Å². The van der Waals surface area contributed by atoms with E-state index in [0.29, 0.717) is 17.6 Å². The summed E-state index contributed by atoms with van der Waals surface area (Å²) >= 11 is 2.17. The minimum absolute atomic E-state index is 0.180. The fourth-order valence-corrected chi connectivity index (χ4v) is 4.79. The van der Waals surface area contributed by atoms with Crippen molar-refractivity contribution in [1.29, 1.82) is 5.26 Å². The molecule has 2 aromatic rings. The molecule has 0 aromatic heterocycles. The van der Waals surface area contributed by atoms with Gasteiger partial charge in [0, 0.05) is 22.9 Å². The normalized spacial score (nSPS) is 16.4. The Morgan fingerprint density at radius 1 is 1.22 bits per heavy atom. The average molecular weight is 410 g/mol. The van der Waals surface area contributed by atoms with E-state index < -0.39 is 17.6 Å². The molecule has 0 spiro atoms. The van der Waals surface area contributed by atoms with Gasteiger partial charge in [-0.15, -0.1) is 11.8 Å². The predicted molar refractivity (Wildman–Crippen MR) is 101 cm³/mol. The Morgan fingerprint density at radius 2 is 1.96 bits per heavy atom. The maximum atomic E-state index is 14.1. The lowest BCUT2D eigenvalue weighted by atomic mass is 10.2. The van der Waals surface area contributed by atoms with Gasteiger partial charge in [0.05, 0.1) is 5.56 Å². The molecule has 1 fully saturated rings. The molecule has 0 saturated carbocycles. The Balaban J connectivity index is 2.00. The van der Waals surface area contributed by atoms with Crippen molar-refractivity contribution in [3.05, 3.63) is 69.3 Å². The van der Waals surface area contributed by atoms with E-state index in [2.05, 4.69) is 0 Å². The van der Waals surface area contributed by atoms with Gasteiger partial charge in [0.2, 0.25) is 0 Å². The molecule has 0 radical (unpaired) electrons. The van der Waals surface area contributed by atoms with Gasteiger partial charge in [0.15, 0.2) is 0 Å². The molecule has 0 bridgehead atoms. The lowest BCUT2D eigenvalue weighted by molar-refractivity contribution is -0.137. The summed E-state index contributed by atoms with van der Waals surface area (Å²) in [5.41, 5.74) is 1.00. The molecule has 1 saturated heterocycles. The lowest BCUT2D eigenvalue weighted by Gasteiger charge is -2.22. The zero-order chi connectivity index (χ0) is 19.6. The number of allylic oxidation sites excluding steroid dienone is 1. The number of nitriles is 1. The van der Waals surface area contributed by atoms with Gasteiger partial charge in [0.1, 0.15) is 21.8 Å². The highest BCUT2D eigenvalue weighted by Gasteiger charge is 2.32. The number of aryl methyl sites for hydroxylation is 1. The van der Waals surface area contributed by atoms with E-state index in [9.17, 15) is 22.8 Å². The number of anilines is 1. The van der Waals surface area contributed by atoms with Crippen molar-refractivity contribution >= 4 is 29.2 Å². The molecule has 0 aliphatic carbocycles. The van der Waals surface area contributed by atoms with Gasteiger partial charge in [0.25, 0.3) is 0 Å². The molecule has 1 heterocycles. The van der Waals surface area contributed by atoms with Gasteiger partial charge >= 0.3 is 6.18 Å². The van der Waals surface area contributed by atoms with Crippen LogP contribution in [-0.4, -0.2) is 12.3 Å². The van der Waals surface area contributed by atoms with Gasteiger partial charge < -0.3 is 4.90 Å². The maximum absolute atomic E-state index is 14.1. The number of benzene rings is 2. The molecule has 1 aliphatic rings. The number of rotatable bonds is 3. The van der Waals surface area contributed by atoms with E-state index in [1.807, 2.05) is 42.2 Å². The topological polar surface area (TPSA) is 27.0 Å². The van der Waals surface area contributed by atoms with Crippen molar-refractivity contribution < 1.29 is 17.6 Å². The summed E-state index contributed by atoms with van der Waals surface area (Å²) in [6, 6.07) is 11.9. The summed E-state index contributed by atoms with van der Waals surface area (Å²) in [6.45, 7) is 2.61. The summed E-state index contributed by atoms with van der Waals surface area (Å²) in [6.07, 6.45) is -4.57. The van der Waals surface area contributed by atoms with Crippen molar-refractivity contribution in [3.63, 3.8) is 0 Å². The fourth-order valence-electron chi connectivity index (χ4n) is 2.68. The number of hydrogen-bond donors (Lipinski definition) is 0. The second-order valence-electron chi connectivity index (χ2n) is 5.78. The molecule has 1 aliphatic heterocycles. The number of alkyl halides is 3. The summed E-state index contributed by atoms with van der Waals surface area (Å²) < 4.78 is 52.9. The number of thioether (sulfide) groups is 2. The Labute approximate surface area is 162 Å². The van der Waals surface area contributed by atoms with Crippen LogP contribution in [0.2, 0.25) is 0 Å². The molecule has 0 N–H and O–H groups in total. The number of hydrogen-bond acceptors (Lipinski definition) is 4. The SMILES string of the molecule is Cc1ccccc1N1CCS/C1=C(/C#N)Sc1cc(C(F)(F)F)ccc1F. The van der Waals surface area contributed by atoms with Crippen molar-refractivity contribution in [1.82, 2.24) is 0 Å². The van der Waals surface area contributed by atoms with E-state index in [0.717, 1.165) is 40.9 Å². The third-order valence-electron chi connectivity index (χ3n) is 3.97. The summed E-state index contributed by atoms with van der Waals surface area (Å²) in [5.74, 6) is -0.0488. The Bertz CT molecular complexity index is 932. The molecule has 0 atom stereocenters. The third-order valence-corrected chi connectivity index (χ3v) is 6.21. The van der Waals surface area contributed by atoms with Crippen molar-refractivity contribution in [2.75, 3.05) is 17.2 Å². The molecule has 140 valence electrons. The van der Waals surface area contributed by atoms with Crippen LogP contribution >= 0.6 is 23.5 Å². The second-order valence-corrected chi connectivity index (χ2v) is 7.91. The van der Waals surface area contributed by atoms with Gasteiger partial charge in [-0.2, -0.15) is 18.4 Å². The summed E-state index contributed by atoms with van der Waals surface area (Å²) in [7, 11) is 0. The zero-order valence-corrected chi connectivity index (χ0v) is 15.8. The highest BCUT2D eigenvalue weighted by Crippen LogP contribution is 2.42. The van der Waals surface area contributed by atoms with Crippen LogP contribution in [0.3, 0.4) is 0 Å². The van der Waals surface area contributed by atoms with E-state index in [1.54, 1.807) is 0 Å². The first-order chi connectivity index (χ1) is 12.8. The predicted octanol–water partition coefficient (Wildman–Crippen LogP) is 6.19. The van der Waals surface area contributed by atoms with Gasteiger partial charge in [-0.1, -0.05) is 30.0 Å². The highest BCUT2D eigenvalue weighted by atomic mass is 32.2. The van der Waals surface area contributed by atoms with Crippen molar-refractivity contribution in [2.24, 2.45) is 0 Å². The summed E-state index contributed by atoms with van der Waals surface area (Å²) in [5, 5.41) is 10.2. The van der Waals surface area contributed by atoms with E-state index in [1.165, 1.54) is 11.8 Å². The number of halogens is 4. The van der Waals surface area contributed by atoms with Crippen LogP contribution in [-0.2, 0) is 6.18 Å². The van der Waals surface area contributed by atoms with Gasteiger partial charge in [-0.05, 0) is 36.8 Å². The quantitative estimate of drug-likeness (QED) is 0.342. The molecule has 2 nitrogen and oxygen atoms in total. The average Bonchev–Trinajstić information content (AvgIpc) is 3.09. The highest BCUT2D eigenvalue weighted by molar-refractivity contribution is 8.07. The summed E-state index contributed by atoms with van der Waals surface area (Å²) in [4.78, 5) is 1.92. The molecular formula is C19H14F4N2S2. The van der Waals surface area contributed by atoms with Crippen LogP contribution in [0.15, 0.2) is 57.3 Å². The van der Waals surface area contributed by atoms with E-state index in [-0.39, 0.29) is 9.80 Å². The molecular weight excluding hydrogens is 396 g/mol. The first kappa shape index (κ1) is 19.6. The Kier molecular flexibility index (Phi) is 5.72. The lowest BCUT2D eigenvalue weighted by Crippen LogP contribution is -2.18. The van der Waals surface area contributed by atoms with Crippen LogP contribution < -0.4 is 4.90 Å². The van der Waals surface area contributed by atoms with E-state index >= 15 is 0 Å². The maximum Gasteiger partial charge on any atom is 0.416 e. The Hall–Kier alpha value is -2.11.